The molecule has 1 nitrogen and oxygen atoms in total. The van der Waals surface area contributed by atoms with Gasteiger partial charge >= 0.3 is 0 Å². The summed E-state index contributed by atoms with van der Waals surface area (Å²) < 4.78 is 26.8. The van der Waals surface area contributed by atoms with Gasteiger partial charge in [0.1, 0.15) is 11.6 Å². The van der Waals surface area contributed by atoms with Crippen LogP contribution in [0.2, 0.25) is 10.0 Å². The molecule has 100 valence electrons. The van der Waals surface area contributed by atoms with Gasteiger partial charge in [0.2, 0.25) is 0 Å². The highest BCUT2D eigenvalue weighted by atomic mass is 79.9. The Bertz CT molecular complexity index is 620. The van der Waals surface area contributed by atoms with Gasteiger partial charge in [-0.1, -0.05) is 35.3 Å². The Morgan fingerprint density at radius 1 is 1.11 bits per heavy atom. The first-order valence-corrected chi connectivity index (χ1v) is 6.85. The molecule has 2 aromatic rings. The molecule has 0 amide bonds. The summed E-state index contributed by atoms with van der Waals surface area (Å²) in [5, 5.41) is 3.70. The van der Waals surface area contributed by atoms with Crippen LogP contribution in [0.5, 0.6) is 0 Å². The molecule has 0 unspecified atom stereocenters. The third-order valence-electron chi connectivity index (χ3n) is 2.51. The summed E-state index contributed by atoms with van der Waals surface area (Å²) in [6, 6.07) is 7.34. The van der Waals surface area contributed by atoms with E-state index < -0.39 is 11.6 Å². The SMILES string of the molecule is Fc1cc(F)c(NCc2cccc(Cl)c2Cl)cc1Br. The maximum absolute atomic E-state index is 13.5. The summed E-state index contributed by atoms with van der Waals surface area (Å²) in [6.07, 6.45) is 0. The molecule has 0 aliphatic heterocycles. The van der Waals surface area contributed by atoms with Crippen LogP contribution in [-0.4, -0.2) is 0 Å². The van der Waals surface area contributed by atoms with Gasteiger partial charge in [-0.3, -0.25) is 0 Å². The fourth-order valence-corrected chi connectivity index (χ4v) is 2.26. The van der Waals surface area contributed by atoms with Crippen molar-refractivity contribution in [2.45, 2.75) is 6.54 Å². The van der Waals surface area contributed by atoms with E-state index in [4.69, 9.17) is 23.2 Å². The van der Waals surface area contributed by atoms with Crippen LogP contribution in [0.1, 0.15) is 5.56 Å². The van der Waals surface area contributed by atoms with Gasteiger partial charge in [0, 0.05) is 12.6 Å². The Morgan fingerprint density at radius 2 is 1.84 bits per heavy atom. The van der Waals surface area contributed by atoms with Crippen molar-refractivity contribution >= 4 is 44.8 Å². The number of nitrogens with one attached hydrogen (secondary N) is 1. The van der Waals surface area contributed by atoms with Crippen molar-refractivity contribution in [3.05, 3.63) is 62.0 Å². The van der Waals surface area contributed by atoms with Gasteiger partial charge in [0.05, 0.1) is 20.2 Å². The normalized spacial score (nSPS) is 10.6. The zero-order valence-corrected chi connectivity index (χ0v) is 12.6. The van der Waals surface area contributed by atoms with E-state index in [1.165, 1.54) is 6.07 Å². The quantitative estimate of drug-likeness (QED) is 0.692. The molecule has 0 fully saturated rings. The summed E-state index contributed by atoms with van der Waals surface area (Å²) in [4.78, 5) is 0. The van der Waals surface area contributed by atoms with Gasteiger partial charge in [0.15, 0.2) is 0 Å². The summed E-state index contributed by atoms with van der Waals surface area (Å²) >= 11 is 14.9. The predicted molar refractivity (Wildman–Crippen MR) is 77.8 cm³/mol. The van der Waals surface area contributed by atoms with Crippen molar-refractivity contribution in [2.24, 2.45) is 0 Å². The second-order valence-corrected chi connectivity index (χ2v) is 5.45. The lowest BCUT2D eigenvalue weighted by molar-refractivity contribution is 0.580. The first kappa shape index (κ1) is 14.6. The lowest BCUT2D eigenvalue weighted by Crippen LogP contribution is -2.03. The first-order valence-electron chi connectivity index (χ1n) is 5.30. The molecule has 2 rings (SSSR count). The number of hydrogen-bond acceptors (Lipinski definition) is 1. The maximum atomic E-state index is 13.5. The lowest BCUT2D eigenvalue weighted by atomic mass is 10.2. The predicted octanol–water partition coefficient (Wildman–Crippen LogP) is 5.65. The van der Waals surface area contributed by atoms with Crippen molar-refractivity contribution in [3.8, 4) is 0 Å². The van der Waals surface area contributed by atoms with Gasteiger partial charge in [0.25, 0.3) is 0 Å². The van der Waals surface area contributed by atoms with Gasteiger partial charge in [-0.05, 0) is 33.6 Å². The van der Waals surface area contributed by atoms with Crippen molar-refractivity contribution < 1.29 is 8.78 Å². The molecule has 0 atom stereocenters. The van der Waals surface area contributed by atoms with Crippen LogP contribution >= 0.6 is 39.1 Å². The second kappa shape index (κ2) is 6.07. The smallest absolute Gasteiger partial charge is 0.149 e. The molecule has 0 saturated heterocycles. The number of rotatable bonds is 3. The maximum Gasteiger partial charge on any atom is 0.149 e. The molecular formula is C13H8BrCl2F2N. The van der Waals surface area contributed by atoms with Crippen LogP contribution in [0.15, 0.2) is 34.8 Å². The number of anilines is 1. The van der Waals surface area contributed by atoms with Crippen LogP contribution in [0.25, 0.3) is 0 Å². The number of benzene rings is 2. The Balaban J connectivity index is 2.19. The minimum absolute atomic E-state index is 0.185. The zero-order chi connectivity index (χ0) is 14.0. The van der Waals surface area contributed by atoms with Gasteiger partial charge in [-0.15, -0.1) is 0 Å². The molecule has 0 saturated carbocycles. The fraction of sp³-hybridized carbons (Fsp3) is 0.0769. The van der Waals surface area contributed by atoms with E-state index in [2.05, 4.69) is 21.2 Å². The molecule has 6 heteroatoms. The Labute approximate surface area is 127 Å². The van der Waals surface area contributed by atoms with E-state index in [0.29, 0.717) is 10.0 Å². The molecule has 0 spiro atoms. The summed E-state index contributed by atoms with van der Waals surface area (Å²) in [5.74, 6) is -1.32. The van der Waals surface area contributed by atoms with Crippen LogP contribution < -0.4 is 5.32 Å². The van der Waals surface area contributed by atoms with E-state index in [0.717, 1.165) is 11.6 Å². The van der Waals surface area contributed by atoms with Crippen LogP contribution in [0.3, 0.4) is 0 Å². The third-order valence-corrected chi connectivity index (χ3v) is 3.98. The van der Waals surface area contributed by atoms with Crippen LogP contribution in [0.4, 0.5) is 14.5 Å². The number of halogens is 5. The monoisotopic (exact) mass is 365 g/mol. The average Bonchev–Trinajstić information content (AvgIpc) is 2.37. The van der Waals surface area contributed by atoms with E-state index >= 15 is 0 Å². The molecule has 1 N–H and O–H groups in total. The molecule has 0 heterocycles. The van der Waals surface area contributed by atoms with E-state index in [9.17, 15) is 8.78 Å². The first-order chi connectivity index (χ1) is 8.99. The van der Waals surface area contributed by atoms with E-state index in [-0.39, 0.29) is 16.7 Å². The Hall–Kier alpha value is -0.840. The lowest BCUT2D eigenvalue weighted by Gasteiger charge is -2.10. The largest absolute Gasteiger partial charge is 0.379 e. The standard InChI is InChI=1S/C13H8BrCl2F2N/c14-8-4-12(11(18)5-10(8)17)19-6-7-2-1-3-9(15)13(7)16/h1-5,19H,6H2. The molecule has 2 aromatic carbocycles. The van der Waals surface area contributed by atoms with Crippen molar-refractivity contribution in [1.29, 1.82) is 0 Å². The Morgan fingerprint density at radius 3 is 2.58 bits per heavy atom. The van der Waals surface area contributed by atoms with Crippen LogP contribution in [0, 0.1) is 11.6 Å². The molecule has 0 aromatic heterocycles. The fourth-order valence-electron chi connectivity index (χ4n) is 1.53. The topological polar surface area (TPSA) is 12.0 Å². The van der Waals surface area contributed by atoms with Crippen molar-refractivity contribution in [3.63, 3.8) is 0 Å². The summed E-state index contributed by atoms with van der Waals surface area (Å²) in [7, 11) is 0. The average molecular weight is 367 g/mol. The van der Waals surface area contributed by atoms with Crippen molar-refractivity contribution in [2.75, 3.05) is 5.32 Å². The molecule has 0 aliphatic carbocycles. The van der Waals surface area contributed by atoms with E-state index in [1.807, 2.05) is 0 Å². The number of hydrogen-bond donors (Lipinski definition) is 1. The molecule has 0 aliphatic rings. The summed E-state index contributed by atoms with van der Waals surface area (Å²) in [6.45, 7) is 0.286. The van der Waals surface area contributed by atoms with Gasteiger partial charge < -0.3 is 5.32 Å². The molecular weight excluding hydrogens is 359 g/mol. The van der Waals surface area contributed by atoms with Gasteiger partial charge in [-0.2, -0.15) is 0 Å². The highest BCUT2D eigenvalue weighted by molar-refractivity contribution is 9.10. The highest BCUT2D eigenvalue weighted by Gasteiger charge is 2.09. The summed E-state index contributed by atoms with van der Waals surface area (Å²) in [5.41, 5.74) is 0.915. The zero-order valence-electron chi connectivity index (χ0n) is 9.48. The Kier molecular flexibility index (Phi) is 4.66. The van der Waals surface area contributed by atoms with Crippen LogP contribution in [-0.2, 0) is 6.54 Å². The van der Waals surface area contributed by atoms with E-state index in [1.54, 1.807) is 18.2 Å². The molecule has 19 heavy (non-hydrogen) atoms. The third kappa shape index (κ3) is 3.38. The van der Waals surface area contributed by atoms with Crippen molar-refractivity contribution in [1.82, 2.24) is 0 Å². The molecule has 0 radical (unpaired) electrons. The highest BCUT2D eigenvalue weighted by Crippen LogP contribution is 2.28. The second-order valence-electron chi connectivity index (χ2n) is 3.81. The minimum Gasteiger partial charge on any atom is -0.379 e. The van der Waals surface area contributed by atoms with Gasteiger partial charge in [-0.25, -0.2) is 8.78 Å². The molecule has 0 bridgehead atoms. The minimum atomic E-state index is -0.668.